The van der Waals surface area contributed by atoms with E-state index in [4.69, 9.17) is 4.42 Å². The van der Waals surface area contributed by atoms with Gasteiger partial charge in [-0.2, -0.15) is 5.10 Å². The van der Waals surface area contributed by atoms with Gasteiger partial charge in [0.25, 0.3) is 0 Å². The van der Waals surface area contributed by atoms with E-state index in [1.54, 1.807) is 48.8 Å². The van der Waals surface area contributed by atoms with Crippen LogP contribution in [-0.2, 0) is 32.7 Å². The molecule has 0 aliphatic carbocycles. The molecule has 3 rings (SSSR count). The molecule has 2 aromatic heterocycles. The van der Waals surface area contributed by atoms with Crippen LogP contribution >= 0.6 is 0 Å². The number of sulfonamides is 1. The van der Waals surface area contributed by atoms with Gasteiger partial charge in [-0.3, -0.25) is 14.6 Å². The summed E-state index contributed by atoms with van der Waals surface area (Å²) in [5.74, 6) is -1.16. The van der Waals surface area contributed by atoms with Crippen molar-refractivity contribution in [2.24, 2.45) is 5.10 Å². The molecule has 2 amide bonds. The zero-order valence-electron chi connectivity index (χ0n) is 17.1. The lowest BCUT2D eigenvalue weighted by atomic mass is 10.2. The number of hydrogen-bond donors (Lipinski definition) is 3. The normalized spacial score (nSPS) is 11.4. The standard InChI is InChI=1S/C21H21N5O5S/c1-15-2-6-19(7-3-15)32(29,30)25-14-18-5-4-17(31-18)13-24-26-21(28)20(27)23-12-16-8-10-22-11-9-16/h2-11,13,25H,12,14H2,1H3,(H,23,27)(H,26,28)/b24-13+. The first-order valence-electron chi connectivity index (χ1n) is 9.49. The van der Waals surface area contributed by atoms with Gasteiger partial charge in [-0.05, 0) is 48.9 Å². The molecular formula is C21H21N5O5S. The lowest BCUT2D eigenvalue weighted by Gasteiger charge is -2.05. The number of amides is 2. The molecule has 0 bridgehead atoms. The molecule has 10 nitrogen and oxygen atoms in total. The minimum absolute atomic E-state index is 0.0617. The first-order valence-corrected chi connectivity index (χ1v) is 11.0. The Morgan fingerprint density at radius 3 is 2.44 bits per heavy atom. The van der Waals surface area contributed by atoms with Gasteiger partial charge in [0.2, 0.25) is 10.0 Å². The second-order valence-electron chi connectivity index (χ2n) is 6.68. The molecule has 0 aliphatic heterocycles. The summed E-state index contributed by atoms with van der Waals surface area (Å²) in [6, 6.07) is 13.0. The summed E-state index contributed by atoms with van der Waals surface area (Å²) < 4.78 is 32.5. The number of nitrogens with one attached hydrogen (secondary N) is 3. The highest BCUT2D eigenvalue weighted by Crippen LogP contribution is 2.12. The Hall–Kier alpha value is -3.83. The van der Waals surface area contributed by atoms with Crippen LogP contribution in [-0.4, -0.2) is 31.4 Å². The van der Waals surface area contributed by atoms with E-state index in [1.807, 2.05) is 6.92 Å². The number of furan rings is 1. The number of benzene rings is 1. The Balaban J connectivity index is 1.46. The molecule has 2 heterocycles. The Labute approximate surface area is 184 Å². The van der Waals surface area contributed by atoms with Crippen LogP contribution in [0.3, 0.4) is 0 Å². The Kier molecular flexibility index (Phi) is 7.47. The van der Waals surface area contributed by atoms with Crippen LogP contribution in [0, 0.1) is 6.92 Å². The summed E-state index contributed by atoms with van der Waals surface area (Å²) >= 11 is 0. The van der Waals surface area contributed by atoms with Crippen molar-refractivity contribution in [1.82, 2.24) is 20.4 Å². The molecule has 0 saturated carbocycles. The smallest absolute Gasteiger partial charge is 0.329 e. The molecule has 166 valence electrons. The van der Waals surface area contributed by atoms with Crippen molar-refractivity contribution in [3.05, 3.63) is 83.6 Å². The van der Waals surface area contributed by atoms with E-state index >= 15 is 0 Å². The van der Waals surface area contributed by atoms with E-state index in [1.165, 1.54) is 18.3 Å². The monoisotopic (exact) mass is 455 g/mol. The molecule has 1 aromatic carbocycles. The Morgan fingerprint density at radius 2 is 1.72 bits per heavy atom. The number of carbonyl (C=O) groups is 2. The van der Waals surface area contributed by atoms with E-state index in [-0.39, 0.29) is 23.7 Å². The number of pyridine rings is 1. The molecule has 0 fully saturated rings. The van der Waals surface area contributed by atoms with Crippen molar-refractivity contribution >= 4 is 28.1 Å². The Morgan fingerprint density at radius 1 is 1.00 bits per heavy atom. The van der Waals surface area contributed by atoms with Crippen LogP contribution in [0.15, 0.2) is 75.3 Å². The number of aromatic nitrogens is 1. The predicted octanol–water partition coefficient (Wildman–Crippen LogP) is 1.23. The first kappa shape index (κ1) is 22.8. The van der Waals surface area contributed by atoms with Gasteiger partial charge in [0, 0.05) is 18.9 Å². The molecule has 3 N–H and O–H groups in total. The van der Waals surface area contributed by atoms with Gasteiger partial charge in [-0.25, -0.2) is 18.6 Å². The van der Waals surface area contributed by atoms with Gasteiger partial charge in [-0.15, -0.1) is 0 Å². The fourth-order valence-electron chi connectivity index (χ4n) is 2.49. The second-order valence-corrected chi connectivity index (χ2v) is 8.45. The van der Waals surface area contributed by atoms with Crippen molar-refractivity contribution in [3.8, 4) is 0 Å². The van der Waals surface area contributed by atoms with Gasteiger partial charge in [0.1, 0.15) is 11.5 Å². The number of nitrogens with zero attached hydrogens (tertiary/aromatic N) is 2. The second kappa shape index (κ2) is 10.5. The zero-order chi connectivity index (χ0) is 23.0. The number of hydrazone groups is 1. The molecule has 0 saturated heterocycles. The predicted molar refractivity (Wildman–Crippen MR) is 116 cm³/mol. The van der Waals surface area contributed by atoms with Crippen LogP contribution in [0.1, 0.15) is 22.6 Å². The summed E-state index contributed by atoms with van der Waals surface area (Å²) in [5.41, 5.74) is 3.85. The van der Waals surface area contributed by atoms with Gasteiger partial charge in [0.05, 0.1) is 17.7 Å². The topological polar surface area (TPSA) is 143 Å². The molecule has 11 heteroatoms. The zero-order valence-corrected chi connectivity index (χ0v) is 17.9. The van der Waals surface area contributed by atoms with Crippen molar-refractivity contribution in [3.63, 3.8) is 0 Å². The van der Waals surface area contributed by atoms with Gasteiger partial charge in [0.15, 0.2) is 0 Å². The molecule has 0 atom stereocenters. The molecule has 0 unspecified atom stereocenters. The van der Waals surface area contributed by atoms with Crippen molar-refractivity contribution in [2.75, 3.05) is 0 Å². The molecule has 32 heavy (non-hydrogen) atoms. The van der Waals surface area contributed by atoms with E-state index in [2.05, 4.69) is 25.6 Å². The van der Waals surface area contributed by atoms with Gasteiger partial charge in [-0.1, -0.05) is 17.7 Å². The largest absolute Gasteiger partial charge is 0.459 e. The van der Waals surface area contributed by atoms with Crippen LogP contribution in [0.2, 0.25) is 0 Å². The summed E-state index contributed by atoms with van der Waals surface area (Å²) in [5, 5.41) is 6.13. The SMILES string of the molecule is Cc1ccc(S(=O)(=O)NCc2ccc(/C=N/NC(=O)C(=O)NCc3ccncc3)o2)cc1. The van der Waals surface area contributed by atoms with Crippen LogP contribution in [0.25, 0.3) is 0 Å². The fraction of sp³-hybridized carbons (Fsp3) is 0.143. The number of carbonyl (C=O) groups excluding carboxylic acids is 2. The van der Waals surface area contributed by atoms with Gasteiger partial charge >= 0.3 is 11.8 Å². The Bertz CT molecular complexity index is 1200. The third-order valence-electron chi connectivity index (χ3n) is 4.22. The van der Waals surface area contributed by atoms with E-state index in [9.17, 15) is 18.0 Å². The summed E-state index contributed by atoms with van der Waals surface area (Å²) in [6.07, 6.45) is 4.36. The van der Waals surface area contributed by atoms with Gasteiger partial charge < -0.3 is 9.73 Å². The molecule has 0 aliphatic rings. The minimum Gasteiger partial charge on any atom is -0.459 e. The highest BCUT2D eigenvalue weighted by atomic mass is 32.2. The minimum atomic E-state index is -3.68. The lowest BCUT2D eigenvalue weighted by Crippen LogP contribution is -2.37. The van der Waals surface area contributed by atoms with Crippen molar-refractivity contribution < 1.29 is 22.4 Å². The number of hydrogen-bond acceptors (Lipinski definition) is 7. The third-order valence-corrected chi connectivity index (χ3v) is 5.63. The number of rotatable bonds is 8. The van der Waals surface area contributed by atoms with E-state index < -0.39 is 21.8 Å². The van der Waals surface area contributed by atoms with E-state index in [0.717, 1.165) is 11.1 Å². The molecular weight excluding hydrogens is 434 g/mol. The summed E-state index contributed by atoms with van der Waals surface area (Å²) in [7, 11) is -3.68. The highest BCUT2D eigenvalue weighted by molar-refractivity contribution is 7.89. The maximum Gasteiger partial charge on any atom is 0.329 e. The average molecular weight is 455 g/mol. The maximum absolute atomic E-state index is 12.3. The molecule has 0 radical (unpaired) electrons. The highest BCUT2D eigenvalue weighted by Gasteiger charge is 2.15. The molecule has 0 spiro atoms. The molecule has 3 aromatic rings. The van der Waals surface area contributed by atoms with Crippen molar-refractivity contribution in [1.29, 1.82) is 0 Å². The average Bonchev–Trinajstić information content (AvgIpc) is 3.25. The fourth-order valence-corrected chi connectivity index (χ4v) is 3.49. The maximum atomic E-state index is 12.3. The van der Waals surface area contributed by atoms with E-state index in [0.29, 0.717) is 5.76 Å². The van der Waals surface area contributed by atoms with Crippen LogP contribution in [0.5, 0.6) is 0 Å². The quantitative estimate of drug-likeness (QED) is 0.265. The first-order chi connectivity index (χ1) is 15.3. The summed E-state index contributed by atoms with van der Waals surface area (Å²) in [6.45, 7) is 1.99. The van der Waals surface area contributed by atoms with Crippen LogP contribution in [0.4, 0.5) is 0 Å². The third kappa shape index (κ3) is 6.59. The van der Waals surface area contributed by atoms with Crippen LogP contribution < -0.4 is 15.5 Å². The lowest BCUT2D eigenvalue weighted by molar-refractivity contribution is -0.139. The van der Waals surface area contributed by atoms with Crippen molar-refractivity contribution in [2.45, 2.75) is 24.9 Å². The number of aryl methyl sites for hydroxylation is 1. The summed E-state index contributed by atoms with van der Waals surface area (Å²) in [4.78, 5) is 27.6.